The topological polar surface area (TPSA) is 77.0 Å². The molecule has 6 heteroatoms. The van der Waals surface area contributed by atoms with E-state index in [-0.39, 0.29) is 5.78 Å². The van der Waals surface area contributed by atoms with Crippen molar-refractivity contribution in [2.75, 3.05) is 5.32 Å². The van der Waals surface area contributed by atoms with E-state index in [2.05, 4.69) is 20.3 Å². The zero-order valence-corrected chi connectivity index (χ0v) is 15.5. The van der Waals surface area contributed by atoms with Crippen molar-refractivity contribution in [2.45, 2.75) is 6.54 Å². The molecule has 0 aliphatic heterocycles. The quantitative estimate of drug-likeness (QED) is 0.474. The van der Waals surface area contributed by atoms with Gasteiger partial charge < -0.3 is 10.1 Å². The number of nitrogens with zero attached hydrogens (tertiary/aromatic N) is 3. The Balaban J connectivity index is 1.41. The van der Waals surface area contributed by atoms with Crippen LogP contribution >= 0.6 is 0 Å². The van der Waals surface area contributed by atoms with Crippen LogP contribution in [0.4, 0.5) is 5.82 Å². The Morgan fingerprint density at radius 3 is 2.55 bits per heavy atom. The number of nitrogens with one attached hydrogen (secondary N) is 1. The normalized spacial score (nSPS) is 10.3. The second kappa shape index (κ2) is 8.75. The van der Waals surface area contributed by atoms with Gasteiger partial charge in [0.25, 0.3) is 0 Å². The first-order valence-electron chi connectivity index (χ1n) is 9.11. The van der Waals surface area contributed by atoms with E-state index in [1.807, 2.05) is 42.5 Å². The van der Waals surface area contributed by atoms with E-state index in [0.717, 1.165) is 11.4 Å². The van der Waals surface area contributed by atoms with Gasteiger partial charge in [-0.25, -0.2) is 9.97 Å². The maximum absolute atomic E-state index is 12.5. The van der Waals surface area contributed by atoms with E-state index in [1.165, 1.54) is 6.20 Å². The molecule has 0 radical (unpaired) electrons. The first-order valence-corrected chi connectivity index (χ1v) is 9.11. The number of aromatic nitrogens is 3. The Kier molecular flexibility index (Phi) is 5.53. The van der Waals surface area contributed by atoms with E-state index < -0.39 is 0 Å². The maximum atomic E-state index is 12.5. The monoisotopic (exact) mass is 382 g/mol. The third-order valence-electron chi connectivity index (χ3n) is 4.16. The Bertz CT molecular complexity index is 1080. The van der Waals surface area contributed by atoms with Crippen molar-refractivity contribution < 1.29 is 9.53 Å². The number of ketones is 1. The van der Waals surface area contributed by atoms with Gasteiger partial charge in [-0.05, 0) is 48.0 Å². The second-order valence-corrected chi connectivity index (χ2v) is 6.25. The minimum absolute atomic E-state index is 0.195. The van der Waals surface area contributed by atoms with Gasteiger partial charge in [0.1, 0.15) is 17.3 Å². The maximum Gasteiger partial charge on any atom is 0.219 e. The Labute approximate surface area is 168 Å². The Hall–Kier alpha value is -4.06. The molecule has 0 bridgehead atoms. The lowest BCUT2D eigenvalue weighted by Gasteiger charge is -2.08. The van der Waals surface area contributed by atoms with Crippen LogP contribution in [-0.2, 0) is 6.54 Å². The van der Waals surface area contributed by atoms with Crippen LogP contribution in [0.15, 0.2) is 91.4 Å². The predicted molar refractivity (Wildman–Crippen MR) is 110 cm³/mol. The predicted octanol–water partition coefficient (Wildman–Crippen LogP) is 4.51. The van der Waals surface area contributed by atoms with Crippen molar-refractivity contribution in [1.82, 2.24) is 15.0 Å². The highest BCUT2D eigenvalue weighted by atomic mass is 16.5. The van der Waals surface area contributed by atoms with Gasteiger partial charge in [-0.1, -0.05) is 24.3 Å². The SMILES string of the molecule is O=C(c1cccnc1)c1cccc(Oc2ccc(CNc3ccccn3)cc2)n1. The van der Waals surface area contributed by atoms with Gasteiger partial charge in [-0.2, -0.15) is 0 Å². The van der Waals surface area contributed by atoms with Crippen molar-refractivity contribution in [3.63, 3.8) is 0 Å². The summed E-state index contributed by atoms with van der Waals surface area (Å²) >= 11 is 0. The zero-order chi connectivity index (χ0) is 19.9. The van der Waals surface area contributed by atoms with Crippen LogP contribution in [0.5, 0.6) is 11.6 Å². The van der Waals surface area contributed by atoms with Gasteiger partial charge in [-0.15, -0.1) is 0 Å². The summed E-state index contributed by atoms with van der Waals surface area (Å²) in [6.07, 6.45) is 4.90. The molecule has 142 valence electrons. The van der Waals surface area contributed by atoms with Gasteiger partial charge in [0.05, 0.1) is 0 Å². The van der Waals surface area contributed by atoms with Crippen LogP contribution in [0, 0.1) is 0 Å². The third kappa shape index (κ3) is 4.81. The lowest BCUT2D eigenvalue weighted by Crippen LogP contribution is -2.05. The third-order valence-corrected chi connectivity index (χ3v) is 4.16. The molecule has 0 fully saturated rings. The van der Waals surface area contributed by atoms with Gasteiger partial charge in [0.2, 0.25) is 11.7 Å². The van der Waals surface area contributed by atoms with E-state index in [0.29, 0.717) is 29.4 Å². The molecule has 3 aromatic heterocycles. The van der Waals surface area contributed by atoms with Crippen molar-refractivity contribution >= 4 is 11.6 Å². The molecule has 3 heterocycles. The summed E-state index contributed by atoms with van der Waals surface area (Å²) in [6, 6.07) is 22.0. The minimum Gasteiger partial charge on any atom is -0.439 e. The molecule has 0 amide bonds. The summed E-state index contributed by atoms with van der Waals surface area (Å²) in [5, 5.41) is 3.26. The second-order valence-electron chi connectivity index (χ2n) is 6.25. The van der Waals surface area contributed by atoms with Crippen LogP contribution in [-0.4, -0.2) is 20.7 Å². The number of anilines is 1. The molecule has 4 rings (SSSR count). The number of carbonyl (C=O) groups excluding carboxylic acids is 1. The fourth-order valence-electron chi connectivity index (χ4n) is 2.70. The highest BCUT2D eigenvalue weighted by molar-refractivity contribution is 6.07. The number of ether oxygens (including phenoxy) is 1. The van der Waals surface area contributed by atoms with Crippen molar-refractivity contribution in [3.05, 3.63) is 108 Å². The van der Waals surface area contributed by atoms with Crippen molar-refractivity contribution in [2.24, 2.45) is 0 Å². The highest BCUT2D eigenvalue weighted by Gasteiger charge is 2.11. The van der Waals surface area contributed by atoms with Gasteiger partial charge >= 0.3 is 0 Å². The van der Waals surface area contributed by atoms with E-state index in [1.54, 1.807) is 42.7 Å². The molecule has 0 unspecified atom stereocenters. The number of carbonyl (C=O) groups is 1. The van der Waals surface area contributed by atoms with Crippen molar-refractivity contribution in [1.29, 1.82) is 0 Å². The molecule has 1 N–H and O–H groups in total. The summed E-state index contributed by atoms with van der Waals surface area (Å²) in [5.74, 6) is 1.63. The van der Waals surface area contributed by atoms with Crippen LogP contribution in [0.2, 0.25) is 0 Å². The fraction of sp³-hybridized carbons (Fsp3) is 0.0435. The van der Waals surface area contributed by atoms with Crippen LogP contribution in [0.3, 0.4) is 0 Å². The first-order chi connectivity index (χ1) is 14.3. The molecule has 0 aliphatic rings. The molecular formula is C23H18N4O2. The van der Waals surface area contributed by atoms with Gasteiger partial charge in [0, 0.05) is 36.8 Å². The molecule has 0 atom stereocenters. The highest BCUT2D eigenvalue weighted by Crippen LogP contribution is 2.21. The van der Waals surface area contributed by atoms with Crippen LogP contribution < -0.4 is 10.1 Å². The smallest absolute Gasteiger partial charge is 0.219 e. The molecule has 0 saturated heterocycles. The zero-order valence-electron chi connectivity index (χ0n) is 15.5. The lowest BCUT2D eigenvalue weighted by molar-refractivity contribution is 0.103. The van der Waals surface area contributed by atoms with Gasteiger partial charge in [-0.3, -0.25) is 9.78 Å². The number of hydrogen-bond acceptors (Lipinski definition) is 6. The number of benzene rings is 1. The van der Waals surface area contributed by atoms with E-state index in [4.69, 9.17) is 4.74 Å². The number of pyridine rings is 3. The van der Waals surface area contributed by atoms with Gasteiger partial charge in [0.15, 0.2) is 0 Å². The van der Waals surface area contributed by atoms with E-state index in [9.17, 15) is 4.79 Å². The molecule has 0 aliphatic carbocycles. The average Bonchev–Trinajstić information content (AvgIpc) is 2.79. The standard InChI is InChI=1S/C23H18N4O2/c28-23(18-5-4-13-24-16-18)20-6-3-8-22(27-20)29-19-11-9-17(10-12-19)15-26-21-7-1-2-14-25-21/h1-14,16H,15H2,(H,25,26). The summed E-state index contributed by atoms with van der Waals surface area (Å²) in [6.45, 7) is 0.657. The molecule has 4 aromatic rings. The molecular weight excluding hydrogens is 364 g/mol. The molecule has 6 nitrogen and oxygen atoms in total. The lowest BCUT2D eigenvalue weighted by atomic mass is 10.1. The van der Waals surface area contributed by atoms with Crippen LogP contribution in [0.1, 0.15) is 21.6 Å². The summed E-state index contributed by atoms with van der Waals surface area (Å²) in [5.41, 5.74) is 1.89. The van der Waals surface area contributed by atoms with E-state index >= 15 is 0 Å². The summed E-state index contributed by atoms with van der Waals surface area (Å²) < 4.78 is 5.81. The van der Waals surface area contributed by atoms with Crippen molar-refractivity contribution in [3.8, 4) is 11.6 Å². The minimum atomic E-state index is -0.195. The first kappa shape index (κ1) is 18.3. The van der Waals surface area contributed by atoms with Crippen LogP contribution in [0.25, 0.3) is 0 Å². The molecule has 0 spiro atoms. The molecule has 1 aromatic carbocycles. The average molecular weight is 382 g/mol. The number of rotatable bonds is 7. The summed E-state index contributed by atoms with van der Waals surface area (Å²) in [7, 11) is 0. The Morgan fingerprint density at radius 2 is 1.79 bits per heavy atom. The number of hydrogen-bond donors (Lipinski definition) is 1. The fourth-order valence-corrected chi connectivity index (χ4v) is 2.70. The largest absolute Gasteiger partial charge is 0.439 e. The Morgan fingerprint density at radius 1 is 0.897 bits per heavy atom. The molecule has 29 heavy (non-hydrogen) atoms. The molecule has 0 saturated carbocycles. The summed E-state index contributed by atoms with van der Waals surface area (Å²) in [4.78, 5) is 25.0.